The maximum Gasteiger partial charge on any atom is 0.416 e. The van der Waals surface area contributed by atoms with Gasteiger partial charge in [0, 0.05) is 38.9 Å². The number of hydrogen-bond donors (Lipinski definition) is 1. The second-order valence-corrected chi connectivity index (χ2v) is 12.4. The molecule has 1 aromatic heterocycles. The predicted octanol–water partition coefficient (Wildman–Crippen LogP) is 4.21. The lowest BCUT2D eigenvalue weighted by Gasteiger charge is -2.27. The van der Waals surface area contributed by atoms with Gasteiger partial charge < -0.3 is 5.32 Å². The van der Waals surface area contributed by atoms with Crippen molar-refractivity contribution in [1.29, 1.82) is 0 Å². The fourth-order valence-electron chi connectivity index (χ4n) is 5.19. The van der Waals surface area contributed by atoms with E-state index >= 15 is 0 Å². The number of amides is 1. The van der Waals surface area contributed by atoms with Crippen LogP contribution in [0.15, 0.2) is 36.5 Å². The normalized spacial score (nSPS) is 20.9. The van der Waals surface area contributed by atoms with Crippen molar-refractivity contribution in [3.63, 3.8) is 0 Å². The van der Waals surface area contributed by atoms with Crippen LogP contribution in [0.1, 0.15) is 66.0 Å². The highest BCUT2D eigenvalue weighted by atomic mass is 32.2. The summed E-state index contributed by atoms with van der Waals surface area (Å²) in [4.78, 5) is 19.6. The molecule has 0 aliphatic carbocycles. The third kappa shape index (κ3) is 6.15. The second kappa shape index (κ2) is 10.7. The Hall–Kier alpha value is -2.50. The van der Waals surface area contributed by atoms with Crippen LogP contribution in [0.2, 0.25) is 0 Å². The molecule has 1 saturated heterocycles. The molecule has 1 amide bonds. The smallest absolute Gasteiger partial charge is 0.352 e. The van der Waals surface area contributed by atoms with Crippen molar-refractivity contribution in [1.82, 2.24) is 19.5 Å². The summed E-state index contributed by atoms with van der Waals surface area (Å²) >= 11 is 0. The van der Waals surface area contributed by atoms with Gasteiger partial charge in [0.25, 0.3) is 5.91 Å². The minimum atomic E-state index is -4.37. The Morgan fingerprint density at radius 2 is 1.92 bits per heavy atom. The van der Waals surface area contributed by atoms with Crippen molar-refractivity contribution >= 4 is 15.9 Å². The van der Waals surface area contributed by atoms with Gasteiger partial charge in [-0.2, -0.15) is 13.2 Å². The monoisotopic (exact) mass is 538 g/mol. The van der Waals surface area contributed by atoms with Crippen molar-refractivity contribution in [3.05, 3.63) is 64.5 Å². The number of hydrogen-bond acceptors (Lipinski definition) is 5. The van der Waals surface area contributed by atoms with Crippen LogP contribution < -0.4 is 5.32 Å². The van der Waals surface area contributed by atoms with E-state index in [1.807, 2.05) is 6.07 Å². The number of nitrogens with zero attached hydrogens (tertiary/aromatic N) is 3. The molecule has 1 N–H and O–H groups in total. The fourth-order valence-corrected chi connectivity index (χ4v) is 6.38. The zero-order valence-corrected chi connectivity index (χ0v) is 22.1. The van der Waals surface area contributed by atoms with E-state index < -0.39 is 21.8 Å². The van der Waals surface area contributed by atoms with Gasteiger partial charge in [-0.1, -0.05) is 26.0 Å². The molecule has 2 aliphatic heterocycles. The van der Waals surface area contributed by atoms with Gasteiger partial charge in [0.15, 0.2) is 0 Å². The fraction of sp³-hybridized carbons (Fsp3) is 0.538. The highest BCUT2D eigenvalue weighted by molar-refractivity contribution is 7.89. The van der Waals surface area contributed by atoms with Gasteiger partial charge in [-0.3, -0.25) is 14.7 Å². The quantitative estimate of drug-likeness (QED) is 0.545. The summed E-state index contributed by atoms with van der Waals surface area (Å²) in [7, 11) is -3.22. The van der Waals surface area contributed by atoms with Gasteiger partial charge in [0.05, 0.1) is 28.6 Å². The SMILES string of the molecule is CCS(=O)(=O)N1CCC(CNC(=O)c2cnc3c(c2)CN(Cc2ccc(C(F)(F)F)cc2)[C@H]3C(C)C)C1. The lowest BCUT2D eigenvalue weighted by Crippen LogP contribution is -2.33. The molecule has 1 fully saturated rings. The molecule has 1 aromatic carbocycles. The van der Waals surface area contributed by atoms with E-state index in [1.54, 1.807) is 13.1 Å². The van der Waals surface area contributed by atoms with E-state index in [1.165, 1.54) is 16.4 Å². The summed E-state index contributed by atoms with van der Waals surface area (Å²) < 4.78 is 64.4. The lowest BCUT2D eigenvalue weighted by atomic mass is 9.99. The highest BCUT2D eigenvalue weighted by Crippen LogP contribution is 2.39. The van der Waals surface area contributed by atoms with E-state index in [-0.39, 0.29) is 29.5 Å². The van der Waals surface area contributed by atoms with Gasteiger partial charge in [0.1, 0.15) is 0 Å². The van der Waals surface area contributed by atoms with Crippen molar-refractivity contribution < 1.29 is 26.4 Å². The highest BCUT2D eigenvalue weighted by Gasteiger charge is 2.35. The van der Waals surface area contributed by atoms with Crippen LogP contribution in [0.4, 0.5) is 13.2 Å². The molecule has 37 heavy (non-hydrogen) atoms. The molecular weight excluding hydrogens is 505 g/mol. The summed E-state index contributed by atoms with van der Waals surface area (Å²) in [5, 5.41) is 2.92. The number of nitrogens with one attached hydrogen (secondary N) is 1. The number of alkyl halides is 3. The molecule has 0 radical (unpaired) electrons. The topological polar surface area (TPSA) is 82.6 Å². The Labute approximate surface area is 216 Å². The number of sulfonamides is 1. The Morgan fingerprint density at radius 1 is 1.22 bits per heavy atom. The molecule has 2 atom stereocenters. The van der Waals surface area contributed by atoms with E-state index in [2.05, 4.69) is 29.0 Å². The minimum Gasteiger partial charge on any atom is -0.352 e. The first-order valence-corrected chi connectivity index (χ1v) is 14.1. The van der Waals surface area contributed by atoms with Crippen LogP contribution in [0, 0.1) is 11.8 Å². The second-order valence-electron chi connectivity index (χ2n) is 10.2. The van der Waals surface area contributed by atoms with Crippen LogP contribution in [0.25, 0.3) is 0 Å². The molecule has 4 rings (SSSR count). The Kier molecular flexibility index (Phi) is 7.96. The van der Waals surface area contributed by atoms with Gasteiger partial charge in [-0.15, -0.1) is 0 Å². The first-order valence-electron chi connectivity index (χ1n) is 12.5. The first kappa shape index (κ1) is 27.5. The van der Waals surface area contributed by atoms with E-state index in [4.69, 9.17) is 0 Å². The molecule has 1 unspecified atom stereocenters. The molecule has 0 bridgehead atoms. The van der Waals surface area contributed by atoms with E-state index in [0.29, 0.717) is 44.7 Å². The molecule has 7 nitrogen and oxygen atoms in total. The maximum atomic E-state index is 12.9. The third-order valence-electron chi connectivity index (χ3n) is 7.17. The molecule has 0 spiro atoms. The summed E-state index contributed by atoms with van der Waals surface area (Å²) in [5.41, 5.74) is 2.36. The number of benzene rings is 1. The lowest BCUT2D eigenvalue weighted by molar-refractivity contribution is -0.137. The van der Waals surface area contributed by atoms with Crippen molar-refractivity contribution in [2.75, 3.05) is 25.4 Å². The zero-order valence-electron chi connectivity index (χ0n) is 21.3. The number of fused-ring (bicyclic) bond motifs is 1. The van der Waals surface area contributed by atoms with Crippen LogP contribution in [0.5, 0.6) is 0 Å². The molecular formula is C26H33F3N4O3S. The van der Waals surface area contributed by atoms with Crippen LogP contribution in [0.3, 0.4) is 0 Å². The van der Waals surface area contributed by atoms with Gasteiger partial charge >= 0.3 is 6.18 Å². The largest absolute Gasteiger partial charge is 0.416 e. The van der Waals surface area contributed by atoms with Gasteiger partial charge in [-0.05, 0) is 54.5 Å². The summed E-state index contributed by atoms with van der Waals surface area (Å²) in [6.07, 6.45) is -2.10. The summed E-state index contributed by atoms with van der Waals surface area (Å²) in [6, 6.07) is 7.04. The average molecular weight is 539 g/mol. The van der Waals surface area contributed by atoms with Gasteiger partial charge in [-0.25, -0.2) is 12.7 Å². The van der Waals surface area contributed by atoms with Crippen molar-refractivity contribution in [2.24, 2.45) is 11.8 Å². The number of aromatic nitrogens is 1. The summed E-state index contributed by atoms with van der Waals surface area (Å²) in [5.74, 6) is 0.0966. The third-order valence-corrected chi connectivity index (χ3v) is 9.02. The van der Waals surface area contributed by atoms with Crippen LogP contribution >= 0.6 is 0 Å². The Morgan fingerprint density at radius 3 is 2.54 bits per heavy atom. The average Bonchev–Trinajstić information content (AvgIpc) is 3.46. The predicted molar refractivity (Wildman–Crippen MR) is 134 cm³/mol. The van der Waals surface area contributed by atoms with Crippen molar-refractivity contribution in [2.45, 2.75) is 52.5 Å². The number of pyridine rings is 1. The maximum absolute atomic E-state index is 12.9. The molecule has 2 aromatic rings. The molecule has 202 valence electrons. The number of halogens is 3. The van der Waals surface area contributed by atoms with Crippen LogP contribution in [-0.2, 0) is 29.3 Å². The Balaban J connectivity index is 1.41. The summed E-state index contributed by atoms with van der Waals surface area (Å²) in [6.45, 7) is 8.06. The molecule has 3 heterocycles. The molecule has 0 saturated carbocycles. The van der Waals surface area contributed by atoms with E-state index in [0.717, 1.165) is 29.0 Å². The number of carbonyl (C=O) groups is 1. The molecule has 2 aliphatic rings. The minimum absolute atomic E-state index is 0.0145. The standard InChI is InChI=1S/C26H33F3N4O3S/c1-4-37(35,36)33-10-9-19(15-33)12-31-25(34)20-11-21-16-32(24(17(2)3)23(21)30-13-20)14-18-5-7-22(8-6-18)26(27,28)29/h5-8,11,13,17,19,24H,4,9-10,12,14-16H2,1-3H3,(H,31,34)/t19?,24-/m0/s1. The van der Waals surface area contributed by atoms with Crippen LogP contribution in [-0.4, -0.2) is 53.9 Å². The first-order chi connectivity index (χ1) is 17.4. The van der Waals surface area contributed by atoms with Gasteiger partial charge in [0.2, 0.25) is 10.0 Å². The Bertz CT molecular complexity index is 1230. The molecule has 11 heteroatoms. The van der Waals surface area contributed by atoms with E-state index in [9.17, 15) is 26.4 Å². The zero-order chi connectivity index (χ0) is 27.0. The van der Waals surface area contributed by atoms with Crippen molar-refractivity contribution in [3.8, 4) is 0 Å². The number of carbonyl (C=O) groups excluding carboxylic acids is 1. The number of rotatable bonds is 8.